The standard InChI is InChI=1S/C24H27N5OS/c1-5-14-31-24-27-23-25-17(4)20(21(29(23)28-24)18-11-7-6-8-12-18)22(30)26-19-13-9-10-15(2)16(19)3/h6-13,21H,5,14H2,1-4H3,(H,26,30)(H,25,27,28). The van der Waals surface area contributed by atoms with Crippen LogP contribution in [0, 0.1) is 13.8 Å². The van der Waals surface area contributed by atoms with Gasteiger partial charge in [0.25, 0.3) is 5.91 Å². The Morgan fingerprint density at radius 2 is 1.90 bits per heavy atom. The van der Waals surface area contributed by atoms with Crippen molar-refractivity contribution in [3.8, 4) is 0 Å². The minimum Gasteiger partial charge on any atom is -0.328 e. The van der Waals surface area contributed by atoms with Crippen LogP contribution in [0.5, 0.6) is 0 Å². The Kier molecular flexibility index (Phi) is 6.13. The molecule has 0 radical (unpaired) electrons. The highest BCUT2D eigenvalue weighted by Crippen LogP contribution is 2.36. The number of rotatable bonds is 6. The second-order valence-electron chi connectivity index (χ2n) is 7.69. The molecule has 7 heteroatoms. The summed E-state index contributed by atoms with van der Waals surface area (Å²) in [6, 6.07) is 15.6. The van der Waals surface area contributed by atoms with Crippen LogP contribution in [0.1, 0.15) is 43.0 Å². The maximum atomic E-state index is 13.5. The topological polar surface area (TPSA) is 71.8 Å². The number of nitrogens with one attached hydrogen (secondary N) is 2. The predicted molar refractivity (Wildman–Crippen MR) is 126 cm³/mol. The molecule has 1 aromatic heterocycles. The Bertz CT molecular complexity index is 1140. The van der Waals surface area contributed by atoms with E-state index in [2.05, 4.69) is 22.5 Å². The Morgan fingerprint density at radius 1 is 1.13 bits per heavy atom. The molecule has 0 aliphatic carbocycles. The molecular weight excluding hydrogens is 406 g/mol. The lowest BCUT2D eigenvalue weighted by molar-refractivity contribution is -0.113. The molecule has 0 bridgehead atoms. The average molecular weight is 434 g/mol. The van der Waals surface area contributed by atoms with Crippen molar-refractivity contribution in [2.24, 2.45) is 0 Å². The third-order valence-electron chi connectivity index (χ3n) is 5.48. The van der Waals surface area contributed by atoms with Crippen LogP contribution in [0.15, 0.2) is 65.0 Å². The first-order valence-corrected chi connectivity index (χ1v) is 11.5. The van der Waals surface area contributed by atoms with Crippen LogP contribution in [-0.4, -0.2) is 26.4 Å². The highest BCUT2D eigenvalue weighted by molar-refractivity contribution is 7.99. The normalized spacial score (nSPS) is 15.4. The van der Waals surface area contributed by atoms with E-state index in [0.717, 1.165) is 40.2 Å². The summed E-state index contributed by atoms with van der Waals surface area (Å²) in [6.45, 7) is 8.12. The van der Waals surface area contributed by atoms with Crippen molar-refractivity contribution in [3.63, 3.8) is 0 Å². The third-order valence-corrected chi connectivity index (χ3v) is 6.52. The first-order valence-electron chi connectivity index (χ1n) is 10.5. The van der Waals surface area contributed by atoms with E-state index >= 15 is 0 Å². The Labute approximate surface area is 187 Å². The lowest BCUT2D eigenvalue weighted by atomic mass is 9.95. The number of aryl methyl sites for hydroxylation is 1. The van der Waals surface area contributed by atoms with Crippen LogP contribution < -0.4 is 10.6 Å². The third kappa shape index (κ3) is 4.23. The molecule has 1 aliphatic heterocycles. The van der Waals surface area contributed by atoms with Crippen LogP contribution in [0.25, 0.3) is 0 Å². The second-order valence-corrected chi connectivity index (χ2v) is 8.75. The quantitative estimate of drug-likeness (QED) is 0.515. The maximum absolute atomic E-state index is 13.5. The zero-order chi connectivity index (χ0) is 22.0. The summed E-state index contributed by atoms with van der Waals surface area (Å²) in [5.41, 5.74) is 5.43. The highest BCUT2D eigenvalue weighted by Gasteiger charge is 2.34. The molecule has 0 spiro atoms. The molecule has 160 valence electrons. The fourth-order valence-electron chi connectivity index (χ4n) is 3.70. The van der Waals surface area contributed by atoms with Gasteiger partial charge in [0.1, 0.15) is 6.04 Å². The molecule has 2 N–H and O–H groups in total. The molecular formula is C24H27N5OS. The van der Waals surface area contributed by atoms with Gasteiger partial charge in [-0.3, -0.25) is 4.79 Å². The van der Waals surface area contributed by atoms with Gasteiger partial charge in [-0.1, -0.05) is 61.2 Å². The van der Waals surface area contributed by atoms with Gasteiger partial charge in [0, 0.05) is 17.1 Å². The van der Waals surface area contributed by atoms with E-state index in [-0.39, 0.29) is 11.9 Å². The minimum atomic E-state index is -0.356. The Morgan fingerprint density at radius 3 is 2.65 bits per heavy atom. The van der Waals surface area contributed by atoms with Crippen molar-refractivity contribution in [3.05, 3.63) is 76.5 Å². The van der Waals surface area contributed by atoms with Crippen molar-refractivity contribution in [1.82, 2.24) is 14.8 Å². The number of amides is 1. The predicted octanol–water partition coefficient (Wildman–Crippen LogP) is 5.32. The number of aromatic nitrogens is 3. The number of nitrogens with zero attached hydrogens (tertiary/aromatic N) is 3. The number of carbonyl (C=O) groups excluding carboxylic acids is 1. The molecule has 1 aliphatic rings. The number of hydrogen-bond donors (Lipinski definition) is 2. The summed E-state index contributed by atoms with van der Waals surface area (Å²) in [5, 5.41) is 11.9. The van der Waals surface area contributed by atoms with Crippen molar-refractivity contribution in [1.29, 1.82) is 0 Å². The van der Waals surface area contributed by atoms with Crippen molar-refractivity contribution < 1.29 is 4.79 Å². The van der Waals surface area contributed by atoms with E-state index < -0.39 is 0 Å². The number of carbonyl (C=O) groups is 1. The second kappa shape index (κ2) is 8.98. The lowest BCUT2D eigenvalue weighted by Crippen LogP contribution is -2.31. The summed E-state index contributed by atoms with van der Waals surface area (Å²) in [6.07, 6.45) is 1.05. The highest BCUT2D eigenvalue weighted by atomic mass is 32.2. The summed E-state index contributed by atoms with van der Waals surface area (Å²) in [4.78, 5) is 18.2. The zero-order valence-corrected chi connectivity index (χ0v) is 19.1. The maximum Gasteiger partial charge on any atom is 0.255 e. The number of hydrogen-bond acceptors (Lipinski definition) is 5. The Balaban J connectivity index is 1.75. The first-order chi connectivity index (χ1) is 15.0. The smallest absolute Gasteiger partial charge is 0.255 e. The van der Waals surface area contributed by atoms with Crippen LogP contribution in [0.2, 0.25) is 0 Å². The van der Waals surface area contributed by atoms with E-state index in [4.69, 9.17) is 5.10 Å². The van der Waals surface area contributed by atoms with Crippen molar-refractivity contribution >= 4 is 29.3 Å². The van der Waals surface area contributed by atoms with Crippen LogP contribution in [-0.2, 0) is 4.79 Å². The average Bonchev–Trinajstić information content (AvgIpc) is 3.17. The number of benzene rings is 2. The van der Waals surface area contributed by atoms with Gasteiger partial charge < -0.3 is 10.6 Å². The van der Waals surface area contributed by atoms with Gasteiger partial charge >= 0.3 is 0 Å². The van der Waals surface area contributed by atoms with Crippen LogP contribution >= 0.6 is 11.8 Å². The fourth-order valence-corrected chi connectivity index (χ4v) is 4.38. The van der Waals surface area contributed by atoms with Gasteiger partial charge in [-0.05, 0) is 49.9 Å². The molecule has 0 saturated carbocycles. The molecule has 0 saturated heterocycles. The first kappa shape index (κ1) is 21.2. The molecule has 1 unspecified atom stereocenters. The molecule has 0 fully saturated rings. The summed E-state index contributed by atoms with van der Waals surface area (Å²) >= 11 is 1.63. The molecule has 1 atom stereocenters. The van der Waals surface area contributed by atoms with Gasteiger partial charge in [0.15, 0.2) is 0 Å². The SMILES string of the molecule is CCCSc1nc2n(n1)C(c1ccccc1)C(C(=O)Nc1cccc(C)c1C)=C(C)N2. The Hall–Kier alpha value is -3.06. The number of fused-ring (bicyclic) bond motifs is 1. The van der Waals surface area contributed by atoms with E-state index in [1.165, 1.54) is 0 Å². The van der Waals surface area contributed by atoms with Gasteiger partial charge in [0.05, 0.1) is 5.57 Å². The van der Waals surface area contributed by atoms with E-state index in [9.17, 15) is 4.79 Å². The summed E-state index contributed by atoms with van der Waals surface area (Å²) < 4.78 is 1.83. The van der Waals surface area contributed by atoms with Crippen molar-refractivity contribution in [2.45, 2.75) is 45.3 Å². The molecule has 4 rings (SSSR count). The minimum absolute atomic E-state index is 0.142. The molecule has 2 heterocycles. The van der Waals surface area contributed by atoms with Gasteiger partial charge in [-0.15, -0.1) is 5.10 Å². The van der Waals surface area contributed by atoms with Crippen LogP contribution in [0.4, 0.5) is 11.6 Å². The lowest BCUT2D eigenvalue weighted by Gasteiger charge is -2.28. The monoisotopic (exact) mass is 433 g/mol. The molecule has 2 aromatic carbocycles. The van der Waals surface area contributed by atoms with Gasteiger partial charge in [-0.2, -0.15) is 4.98 Å². The number of allylic oxidation sites excluding steroid dienone is 1. The summed E-state index contributed by atoms with van der Waals surface area (Å²) in [7, 11) is 0. The summed E-state index contributed by atoms with van der Waals surface area (Å²) in [5.74, 6) is 1.47. The molecule has 31 heavy (non-hydrogen) atoms. The van der Waals surface area contributed by atoms with Gasteiger partial charge in [-0.25, -0.2) is 4.68 Å². The zero-order valence-electron chi connectivity index (χ0n) is 18.3. The van der Waals surface area contributed by atoms with E-state index in [0.29, 0.717) is 16.7 Å². The number of anilines is 2. The fraction of sp³-hybridized carbons (Fsp3) is 0.292. The van der Waals surface area contributed by atoms with Gasteiger partial charge in [0.2, 0.25) is 11.1 Å². The van der Waals surface area contributed by atoms with E-state index in [1.54, 1.807) is 11.8 Å². The molecule has 6 nitrogen and oxygen atoms in total. The van der Waals surface area contributed by atoms with Crippen LogP contribution in [0.3, 0.4) is 0 Å². The molecule has 3 aromatic rings. The largest absolute Gasteiger partial charge is 0.328 e. The van der Waals surface area contributed by atoms with Crippen molar-refractivity contribution in [2.75, 3.05) is 16.4 Å². The van der Waals surface area contributed by atoms with E-state index in [1.807, 2.05) is 74.0 Å². The molecule has 1 amide bonds. The number of thioether (sulfide) groups is 1.